The van der Waals surface area contributed by atoms with Gasteiger partial charge in [-0.1, -0.05) is 5.11 Å². The van der Waals surface area contributed by atoms with Crippen molar-refractivity contribution in [3.8, 4) is 0 Å². The maximum atomic E-state index is 8.30. The van der Waals surface area contributed by atoms with Crippen molar-refractivity contribution >= 4 is 22.6 Å². The molecule has 0 saturated carbocycles. The summed E-state index contributed by atoms with van der Waals surface area (Å²) in [6.07, 6.45) is 0. The maximum Gasteiger partial charge on any atom is 0.0513 e. The van der Waals surface area contributed by atoms with Crippen LogP contribution < -0.4 is 5.73 Å². The van der Waals surface area contributed by atoms with Gasteiger partial charge < -0.3 is 5.73 Å². The van der Waals surface area contributed by atoms with E-state index < -0.39 is 0 Å². The summed E-state index contributed by atoms with van der Waals surface area (Å²) in [4.78, 5) is 2.77. The lowest BCUT2D eigenvalue weighted by molar-refractivity contribution is 0.968. The van der Waals surface area contributed by atoms with Gasteiger partial charge in [-0.15, -0.1) is 0 Å². The van der Waals surface area contributed by atoms with Crippen LogP contribution in [-0.2, 0) is 13.1 Å². The fourth-order valence-corrected chi connectivity index (χ4v) is 2.27. The SMILES string of the molecule is Cc1c(I)cc(CN=[N+]=[N-])c(C)c1CN. The first kappa shape index (κ1) is 12.3. The number of azide groups is 1. The first-order chi connectivity index (χ1) is 7.11. The van der Waals surface area contributed by atoms with E-state index in [-0.39, 0.29) is 0 Å². The Morgan fingerprint density at radius 1 is 1.47 bits per heavy atom. The van der Waals surface area contributed by atoms with Gasteiger partial charge in [0.2, 0.25) is 0 Å². The number of nitrogens with zero attached hydrogens (tertiary/aromatic N) is 3. The molecule has 0 aliphatic carbocycles. The lowest BCUT2D eigenvalue weighted by Crippen LogP contribution is -2.06. The Bertz CT molecular complexity index is 422. The molecule has 0 atom stereocenters. The van der Waals surface area contributed by atoms with Gasteiger partial charge in [0.15, 0.2) is 0 Å². The molecule has 0 unspecified atom stereocenters. The van der Waals surface area contributed by atoms with Gasteiger partial charge >= 0.3 is 0 Å². The molecule has 5 heteroatoms. The number of benzene rings is 1. The summed E-state index contributed by atoms with van der Waals surface area (Å²) in [7, 11) is 0. The highest BCUT2D eigenvalue weighted by Gasteiger charge is 2.09. The van der Waals surface area contributed by atoms with Crippen molar-refractivity contribution in [1.29, 1.82) is 0 Å². The van der Waals surface area contributed by atoms with E-state index in [4.69, 9.17) is 11.3 Å². The van der Waals surface area contributed by atoms with Gasteiger partial charge in [-0.05, 0) is 70.3 Å². The highest BCUT2D eigenvalue weighted by molar-refractivity contribution is 14.1. The van der Waals surface area contributed by atoms with E-state index in [1.165, 1.54) is 9.13 Å². The van der Waals surface area contributed by atoms with E-state index in [1.807, 2.05) is 6.92 Å². The molecule has 0 spiro atoms. The molecule has 4 nitrogen and oxygen atoms in total. The number of halogens is 1. The van der Waals surface area contributed by atoms with Crippen LogP contribution in [0.5, 0.6) is 0 Å². The predicted octanol–water partition coefficient (Wildman–Crippen LogP) is 3.18. The summed E-state index contributed by atoms with van der Waals surface area (Å²) in [6.45, 7) is 5.01. The Labute approximate surface area is 103 Å². The van der Waals surface area contributed by atoms with Crippen LogP contribution >= 0.6 is 22.6 Å². The van der Waals surface area contributed by atoms with E-state index in [0.717, 1.165) is 16.7 Å². The Morgan fingerprint density at radius 3 is 2.67 bits per heavy atom. The quantitative estimate of drug-likeness (QED) is 0.395. The molecule has 1 aromatic rings. The fraction of sp³-hybridized carbons (Fsp3) is 0.400. The molecule has 0 radical (unpaired) electrons. The third-order valence-corrected chi connectivity index (χ3v) is 3.68. The third kappa shape index (κ3) is 2.62. The van der Waals surface area contributed by atoms with Gasteiger partial charge in [0.05, 0.1) is 6.54 Å². The van der Waals surface area contributed by atoms with Crippen LogP contribution in [0.1, 0.15) is 22.3 Å². The average molecular weight is 316 g/mol. The van der Waals surface area contributed by atoms with Gasteiger partial charge in [0.1, 0.15) is 0 Å². The number of nitrogens with two attached hydrogens (primary N) is 1. The standard InChI is InChI=1S/C10H13IN4/c1-6-8(5-14-15-13)3-10(11)7(2)9(6)4-12/h3H,4-5,12H2,1-2H3. The summed E-state index contributed by atoms with van der Waals surface area (Å²) >= 11 is 2.28. The van der Waals surface area contributed by atoms with Gasteiger partial charge in [0.25, 0.3) is 0 Å². The molecular formula is C10H13IN4. The molecule has 0 aliphatic heterocycles. The zero-order chi connectivity index (χ0) is 11.4. The predicted molar refractivity (Wildman–Crippen MR) is 69.4 cm³/mol. The average Bonchev–Trinajstić information content (AvgIpc) is 2.22. The summed E-state index contributed by atoms with van der Waals surface area (Å²) in [5.74, 6) is 0. The van der Waals surface area contributed by atoms with Crippen LogP contribution in [0.3, 0.4) is 0 Å². The van der Waals surface area contributed by atoms with Crippen molar-refractivity contribution in [2.75, 3.05) is 0 Å². The molecule has 15 heavy (non-hydrogen) atoms. The van der Waals surface area contributed by atoms with Crippen molar-refractivity contribution in [3.63, 3.8) is 0 Å². The lowest BCUT2D eigenvalue weighted by Gasteiger charge is -2.13. The molecule has 0 amide bonds. The minimum Gasteiger partial charge on any atom is -0.326 e. The topological polar surface area (TPSA) is 74.8 Å². The molecule has 0 aromatic heterocycles. The smallest absolute Gasteiger partial charge is 0.0513 e. The molecule has 0 fully saturated rings. The summed E-state index contributed by atoms with van der Waals surface area (Å²) in [6, 6.07) is 2.05. The van der Waals surface area contributed by atoms with Crippen LogP contribution in [-0.4, -0.2) is 0 Å². The van der Waals surface area contributed by atoms with Gasteiger partial charge in [-0.2, -0.15) is 0 Å². The maximum absolute atomic E-state index is 8.30. The Hall–Kier alpha value is -0.780. The van der Waals surface area contributed by atoms with E-state index in [1.54, 1.807) is 0 Å². The minimum absolute atomic E-state index is 0.394. The number of rotatable bonds is 3. The zero-order valence-corrected chi connectivity index (χ0v) is 10.9. The Kier molecular flexibility index (Phi) is 4.38. The second-order valence-electron chi connectivity index (χ2n) is 3.34. The van der Waals surface area contributed by atoms with Crippen LogP contribution in [0.15, 0.2) is 11.2 Å². The molecule has 1 rings (SSSR count). The van der Waals surface area contributed by atoms with Crippen LogP contribution in [0.4, 0.5) is 0 Å². The molecular weight excluding hydrogens is 303 g/mol. The van der Waals surface area contributed by atoms with Crippen molar-refractivity contribution in [2.24, 2.45) is 10.8 Å². The third-order valence-electron chi connectivity index (χ3n) is 2.55. The Balaban J connectivity index is 3.29. The largest absolute Gasteiger partial charge is 0.326 e. The van der Waals surface area contributed by atoms with Crippen LogP contribution in [0, 0.1) is 17.4 Å². The van der Waals surface area contributed by atoms with Crippen molar-refractivity contribution < 1.29 is 0 Å². The Morgan fingerprint density at radius 2 is 2.13 bits per heavy atom. The highest BCUT2D eigenvalue weighted by Crippen LogP contribution is 2.24. The van der Waals surface area contributed by atoms with Crippen molar-refractivity contribution in [2.45, 2.75) is 26.9 Å². The molecule has 0 saturated heterocycles. The van der Waals surface area contributed by atoms with Crippen LogP contribution in [0.25, 0.3) is 10.4 Å². The van der Waals surface area contributed by atoms with Crippen LogP contribution in [0.2, 0.25) is 0 Å². The first-order valence-electron chi connectivity index (χ1n) is 4.60. The minimum atomic E-state index is 0.394. The molecule has 2 N–H and O–H groups in total. The van der Waals surface area contributed by atoms with Crippen molar-refractivity contribution in [1.82, 2.24) is 0 Å². The molecule has 1 aromatic carbocycles. The summed E-state index contributed by atoms with van der Waals surface area (Å²) in [5, 5.41) is 3.59. The van der Waals surface area contributed by atoms with E-state index in [9.17, 15) is 0 Å². The molecule has 0 heterocycles. The monoisotopic (exact) mass is 316 g/mol. The van der Waals surface area contributed by atoms with Gasteiger partial charge in [-0.25, -0.2) is 0 Å². The highest BCUT2D eigenvalue weighted by atomic mass is 127. The van der Waals surface area contributed by atoms with Gasteiger partial charge in [0, 0.05) is 15.0 Å². The van der Waals surface area contributed by atoms with Crippen molar-refractivity contribution in [3.05, 3.63) is 42.3 Å². The first-order valence-corrected chi connectivity index (χ1v) is 5.68. The van der Waals surface area contributed by atoms with E-state index in [0.29, 0.717) is 13.1 Å². The number of hydrogen-bond donors (Lipinski definition) is 1. The second kappa shape index (κ2) is 5.34. The summed E-state index contributed by atoms with van der Waals surface area (Å²) in [5.41, 5.74) is 18.6. The molecule has 80 valence electrons. The lowest BCUT2D eigenvalue weighted by atomic mass is 9.98. The second-order valence-corrected chi connectivity index (χ2v) is 4.50. The number of hydrogen-bond acceptors (Lipinski definition) is 2. The van der Waals surface area contributed by atoms with E-state index >= 15 is 0 Å². The molecule has 0 bridgehead atoms. The summed E-state index contributed by atoms with van der Waals surface area (Å²) < 4.78 is 1.17. The zero-order valence-electron chi connectivity index (χ0n) is 8.79. The van der Waals surface area contributed by atoms with E-state index in [2.05, 4.69) is 45.6 Å². The van der Waals surface area contributed by atoms with Gasteiger partial charge in [-0.3, -0.25) is 0 Å². The fourth-order valence-electron chi connectivity index (χ4n) is 1.57. The normalized spacial score (nSPS) is 9.87. The molecule has 0 aliphatic rings.